The van der Waals surface area contributed by atoms with Gasteiger partial charge in [-0.05, 0) is 97.7 Å². The number of rotatable bonds is 6. The summed E-state index contributed by atoms with van der Waals surface area (Å²) in [7, 11) is 0. The van der Waals surface area contributed by atoms with Crippen molar-refractivity contribution in [2.75, 3.05) is 0 Å². The average molecular weight is 535 g/mol. The van der Waals surface area contributed by atoms with Gasteiger partial charge in [-0.25, -0.2) is 4.79 Å². The molecule has 39 heavy (non-hydrogen) atoms. The molecule has 4 heteroatoms. The molecule has 0 aliphatic heterocycles. The zero-order chi connectivity index (χ0) is 28.2. The number of aliphatic hydroxyl groups excluding tert-OH is 1. The topological polar surface area (TPSA) is 66.8 Å². The van der Waals surface area contributed by atoms with Gasteiger partial charge in [-0.2, -0.15) is 0 Å². The number of carbonyl (C=O) groups excluding carboxylic acids is 1. The van der Waals surface area contributed by atoms with Gasteiger partial charge in [-0.15, -0.1) is 0 Å². The van der Waals surface area contributed by atoms with Crippen molar-refractivity contribution in [3.8, 4) is 0 Å². The maximum absolute atomic E-state index is 13.2. The predicted molar refractivity (Wildman–Crippen MR) is 156 cm³/mol. The summed E-state index contributed by atoms with van der Waals surface area (Å²) >= 11 is 0. The van der Waals surface area contributed by atoms with E-state index in [1.165, 1.54) is 12.0 Å². The zero-order valence-corrected chi connectivity index (χ0v) is 24.9. The van der Waals surface area contributed by atoms with Gasteiger partial charge >= 0.3 is 5.97 Å². The number of aliphatic hydroxyl groups is 2. The smallest absolute Gasteiger partial charge is 0.338 e. The lowest BCUT2D eigenvalue weighted by molar-refractivity contribution is -0.210. The summed E-state index contributed by atoms with van der Waals surface area (Å²) < 4.78 is 6.17. The summed E-state index contributed by atoms with van der Waals surface area (Å²) in [5.74, 6) is 2.64. The van der Waals surface area contributed by atoms with Crippen molar-refractivity contribution in [1.82, 2.24) is 0 Å². The van der Waals surface area contributed by atoms with Gasteiger partial charge in [0.15, 0.2) is 0 Å². The maximum Gasteiger partial charge on any atom is 0.338 e. The third kappa shape index (κ3) is 4.74. The lowest BCUT2D eigenvalue weighted by Gasteiger charge is -2.62. The molecule has 10 atom stereocenters. The third-order valence-corrected chi connectivity index (χ3v) is 12.0. The molecule has 4 aliphatic rings. The largest absolute Gasteiger partial charge is 0.451 e. The van der Waals surface area contributed by atoms with E-state index in [4.69, 9.17) is 4.74 Å². The lowest BCUT2D eigenvalue weighted by atomic mass is 9.45. The van der Waals surface area contributed by atoms with Crippen LogP contribution in [0.15, 0.2) is 54.1 Å². The first-order valence-electron chi connectivity index (χ1n) is 15.5. The third-order valence-electron chi connectivity index (χ3n) is 12.0. The summed E-state index contributed by atoms with van der Waals surface area (Å²) in [4.78, 5) is 13.2. The summed E-state index contributed by atoms with van der Waals surface area (Å²) in [6.45, 7) is 14.0. The average Bonchev–Trinajstić information content (AvgIpc) is 3.26. The Morgan fingerprint density at radius 1 is 0.974 bits per heavy atom. The molecule has 2 N–H and O–H groups in total. The van der Waals surface area contributed by atoms with Gasteiger partial charge in [0, 0.05) is 11.8 Å². The first-order valence-corrected chi connectivity index (χ1v) is 15.5. The van der Waals surface area contributed by atoms with Gasteiger partial charge in [-0.3, -0.25) is 0 Å². The summed E-state index contributed by atoms with van der Waals surface area (Å²) in [6.07, 6.45) is 11.9. The Bertz CT molecular complexity index is 1110. The van der Waals surface area contributed by atoms with E-state index >= 15 is 0 Å². The van der Waals surface area contributed by atoms with Crippen LogP contribution in [0.4, 0.5) is 0 Å². The maximum atomic E-state index is 13.2. The van der Waals surface area contributed by atoms with Crippen molar-refractivity contribution in [3.05, 3.63) is 59.7 Å². The van der Waals surface area contributed by atoms with E-state index in [0.29, 0.717) is 41.6 Å². The second kappa shape index (κ2) is 10.5. The van der Waals surface area contributed by atoms with Crippen molar-refractivity contribution >= 4 is 5.97 Å². The van der Waals surface area contributed by atoms with Gasteiger partial charge in [0.05, 0.1) is 11.7 Å². The van der Waals surface area contributed by atoms with Crippen molar-refractivity contribution in [2.45, 2.75) is 104 Å². The number of allylic oxidation sites excluding steroid dienone is 3. The molecule has 0 heterocycles. The van der Waals surface area contributed by atoms with Gasteiger partial charge < -0.3 is 14.9 Å². The molecule has 0 saturated heterocycles. The highest BCUT2D eigenvalue weighted by Crippen LogP contribution is 2.67. The first-order chi connectivity index (χ1) is 18.4. The summed E-state index contributed by atoms with van der Waals surface area (Å²) in [5, 5.41) is 23.0. The molecular formula is C35H50O4. The number of carbonyl (C=O) groups is 1. The van der Waals surface area contributed by atoms with Crippen LogP contribution in [0.2, 0.25) is 0 Å². The van der Waals surface area contributed by atoms with Crippen LogP contribution in [0.5, 0.6) is 0 Å². The van der Waals surface area contributed by atoms with E-state index in [9.17, 15) is 15.0 Å². The number of benzene rings is 1. The minimum atomic E-state index is -1.28. The highest BCUT2D eigenvalue weighted by atomic mass is 16.6. The van der Waals surface area contributed by atoms with Crippen LogP contribution in [-0.4, -0.2) is 34.0 Å². The number of hydrogen-bond acceptors (Lipinski definition) is 4. The fourth-order valence-electron chi connectivity index (χ4n) is 9.02. The standard InChI is InChI=1S/C35H50O4/c1-22(2)23(3)12-13-24(4)28-14-15-29-27-20-31(39-32(37)25-10-8-7-9-11-25)35(38)21-26(36)16-19-34(35,6)30(27)17-18-33(28,29)5/h7-13,20,22-24,26,28-31,36,38H,14-19,21H2,1-6H3/b13-12+/t23-,24+,26?,28?,29?,30-,31?,33?,34-,35?/m0/s1. The van der Waals surface area contributed by atoms with Crippen LogP contribution in [0.3, 0.4) is 0 Å². The molecule has 4 nitrogen and oxygen atoms in total. The van der Waals surface area contributed by atoms with Crippen LogP contribution in [-0.2, 0) is 4.74 Å². The van der Waals surface area contributed by atoms with E-state index in [1.807, 2.05) is 18.2 Å². The Labute approximate surface area is 235 Å². The normalized spacial score (nSPS) is 41.4. The predicted octanol–water partition coefficient (Wildman–Crippen LogP) is 7.36. The van der Waals surface area contributed by atoms with Crippen molar-refractivity contribution < 1.29 is 19.7 Å². The van der Waals surface area contributed by atoms with Crippen LogP contribution in [0, 0.1) is 46.3 Å². The molecule has 3 fully saturated rings. The molecule has 1 aromatic rings. The number of hydrogen-bond donors (Lipinski definition) is 2. The van der Waals surface area contributed by atoms with E-state index in [0.717, 1.165) is 25.7 Å². The fraction of sp³-hybridized carbons (Fsp3) is 0.686. The molecule has 4 aliphatic carbocycles. The summed E-state index contributed by atoms with van der Waals surface area (Å²) in [6, 6.07) is 9.06. The second-order valence-electron chi connectivity index (χ2n) is 14.3. The molecule has 3 saturated carbocycles. The first kappa shape index (κ1) is 28.6. The summed E-state index contributed by atoms with van der Waals surface area (Å²) in [5.41, 5.74) is 0.382. The fourth-order valence-corrected chi connectivity index (χ4v) is 9.02. The molecule has 0 radical (unpaired) electrons. The van der Waals surface area contributed by atoms with Crippen LogP contribution in [0.1, 0.15) is 96.8 Å². The Morgan fingerprint density at radius 2 is 1.69 bits per heavy atom. The quantitative estimate of drug-likeness (QED) is 0.296. The van der Waals surface area contributed by atoms with Crippen LogP contribution >= 0.6 is 0 Å². The Morgan fingerprint density at radius 3 is 2.38 bits per heavy atom. The van der Waals surface area contributed by atoms with Crippen molar-refractivity contribution in [3.63, 3.8) is 0 Å². The molecule has 5 rings (SSSR count). The SMILES string of the molecule is CC(C)[C@@H](C)/C=C/[C@@H](C)C1CCC2C3=CC(OC(=O)c4ccccc4)C4(O)CC(O)CC[C@@]4(C)[C@H]3CCC21C. The molecule has 0 bridgehead atoms. The number of ether oxygens (including phenoxy) is 1. The van der Waals surface area contributed by atoms with E-state index < -0.39 is 29.2 Å². The minimum Gasteiger partial charge on any atom is -0.451 e. The van der Waals surface area contributed by atoms with Crippen LogP contribution < -0.4 is 0 Å². The van der Waals surface area contributed by atoms with Crippen molar-refractivity contribution in [2.24, 2.45) is 46.3 Å². The van der Waals surface area contributed by atoms with Gasteiger partial charge in [0.2, 0.25) is 0 Å². The molecule has 0 amide bonds. The minimum absolute atomic E-state index is 0.196. The molecule has 0 aromatic heterocycles. The Balaban J connectivity index is 1.49. The monoisotopic (exact) mass is 534 g/mol. The lowest BCUT2D eigenvalue weighted by Crippen LogP contribution is -2.66. The van der Waals surface area contributed by atoms with Crippen LogP contribution in [0.25, 0.3) is 0 Å². The Kier molecular flexibility index (Phi) is 7.70. The Hall–Kier alpha value is -1.91. The number of esters is 1. The molecule has 6 unspecified atom stereocenters. The van der Waals surface area contributed by atoms with Crippen molar-refractivity contribution in [1.29, 1.82) is 0 Å². The highest BCUT2D eigenvalue weighted by Gasteiger charge is 2.66. The zero-order valence-electron chi connectivity index (χ0n) is 24.9. The van der Waals surface area contributed by atoms with Gasteiger partial charge in [0.25, 0.3) is 0 Å². The molecule has 214 valence electrons. The highest BCUT2D eigenvalue weighted by molar-refractivity contribution is 5.89. The van der Waals surface area contributed by atoms with E-state index in [-0.39, 0.29) is 17.8 Å². The molecule has 0 spiro atoms. The van der Waals surface area contributed by atoms with Gasteiger partial charge in [0.1, 0.15) is 11.7 Å². The van der Waals surface area contributed by atoms with E-state index in [2.05, 4.69) is 59.8 Å². The van der Waals surface area contributed by atoms with E-state index in [1.54, 1.807) is 12.1 Å². The molecular weight excluding hydrogens is 484 g/mol. The van der Waals surface area contributed by atoms with Gasteiger partial charge in [-0.1, -0.05) is 77.5 Å². The second-order valence-corrected chi connectivity index (χ2v) is 14.3. The molecule has 1 aromatic carbocycles. The number of fused-ring (bicyclic) bond motifs is 5.